The molecule has 0 spiro atoms. The summed E-state index contributed by atoms with van der Waals surface area (Å²) >= 11 is 15.8. The number of aryl methyl sites for hydroxylation is 1. The number of hydrogen-bond donors (Lipinski definition) is 1. The van der Waals surface area contributed by atoms with E-state index in [1.165, 1.54) is 4.68 Å². The van der Waals surface area contributed by atoms with Crippen LogP contribution in [0.2, 0.25) is 10.0 Å². The SMILES string of the molecule is Cc1cc(NC(=O)c2nnn(-c3ccc(Br)cc3)c2C)n(-c2cc(Cl)ccc2Cl)n1. The third-order valence-electron chi connectivity index (χ3n) is 4.39. The average molecular weight is 506 g/mol. The van der Waals surface area contributed by atoms with Crippen LogP contribution in [0.4, 0.5) is 5.82 Å². The molecule has 0 aliphatic rings. The van der Waals surface area contributed by atoms with Gasteiger partial charge in [0, 0.05) is 15.6 Å². The van der Waals surface area contributed by atoms with Gasteiger partial charge in [-0.15, -0.1) is 5.10 Å². The van der Waals surface area contributed by atoms with E-state index in [1.807, 2.05) is 31.2 Å². The Labute approximate surface area is 190 Å². The second kappa shape index (κ2) is 8.22. The Balaban J connectivity index is 1.66. The maximum absolute atomic E-state index is 12.9. The lowest BCUT2D eigenvalue weighted by Gasteiger charge is -2.10. The van der Waals surface area contributed by atoms with Crippen molar-refractivity contribution in [1.82, 2.24) is 24.8 Å². The molecule has 2 aromatic carbocycles. The lowest BCUT2D eigenvalue weighted by atomic mass is 10.3. The summed E-state index contributed by atoms with van der Waals surface area (Å²) in [5.74, 6) is 0.0365. The number of carbonyl (C=O) groups excluding carboxylic acids is 1. The van der Waals surface area contributed by atoms with Gasteiger partial charge in [0.2, 0.25) is 0 Å². The van der Waals surface area contributed by atoms with Crippen molar-refractivity contribution in [2.75, 3.05) is 5.32 Å². The summed E-state index contributed by atoms with van der Waals surface area (Å²) in [4.78, 5) is 12.9. The molecule has 10 heteroatoms. The maximum atomic E-state index is 12.9. The highest BCUT2D eigenvalue weighted by Gasteiger charge is 2.20. The van der Waals surface area contributed by atoms with Crippen LogP contribution in [0.5, 0.6) is 0 Å². The molecule has 0 unspecified atom stereocenters. The van der Waals surface area contributed by atoms with Crippen LogP contribution in [0, 0.1) is 13.8 Å². The second-order valence-electron chi connectivity index (χ2n) is 6.54. The van der Waals surface area contributed by atoms with E-state index in [4.69, 9.17) is 23.2 Å². The number of hydrogen-bond acceptors (Lipinski definition) is 4. The quantitative estimate of drug-likeness (QED) is 0.403. The highest BCUT2D eigenvalue weighted by atomic mass is 79.9. The lowest BCUT2D eigenvalue weighted by Crippen LogP contribution is -2.17. The van der Waals surface area contributed by atoms with E-state index in [0.717, 1.165) is 10.2 Å². The van der Waals surface area contributed by atoms with Crippen molar-refractivity contribution in [1.29, 1.82) is 0 Å². The number of amides is 1. The van der Waals surface area contributed by atoms with Gasteiger partial charge in [-0.1, -0.05) is 44.3 Å². The highest BCUT2D eigenvalue weighted by Crippen LogP contribution is 2.27. The van der Waals surface area contributed by atoms with E-state index in [2.05, 4.69) is 36.7 Å². The minimum Gasteiger partial charge on any atom is -0.305 e. The molecule has 0 aliphatic heterocycles. The minimum atomic E-state index is -0.407. The molecule has 152 valence electrons. The summed E-state index contributed by atoms with van der Waals surface area (Å²) in [7, 11) is 0. The van der Waals surface area contributed by atoms with Crippen molar-refractivity contribution in [3.05, 3.63) is 80.1 Å². The van der Waals surface area contributed by atoms with Crippen molar-refractivity contribution in [3.8, 4) is 11.4 Å². The molecule has 1 N–H and O–H groups in total. The predicted molar refractivity (Wildman–Crippen MR) is 120 cm³/mol. The molecule has 4 aromatic rings. The summed E-state index contributed by atoms with van der Waals surface area (Å²) < 4.78 is 4.10. The lowest BCUT2D eigenvalue weighted by molar-refractivity contribution is 0.102. The summed E-state index contributed by atoms with van der Waals surface area (Å²) in [6.07, 6.45) is 0. The highest BCUT2D eigenvalue weighted by molar-refractivity contribution is 9.10. The van der Waals surface area contributed by atoms with Crippen molar-refractivity contribution in [3.63, 3.8) is 0 Å². The van der Waals surface area contributed by atoms with Gasteiger partial charge in [0.05, 0.1) is 27.8 Å². The topological polar surface area (TPSA) is 77.6 Å². The van der Waals surface area contributed by atoms with Gasteiger partial charge < -0.3 is 5.32 Å². The van der Waals surface area contributed by atoms with Gasteiger partial charge in [0.15, 0.2) is 5.69 Å². The summed E-state index contributed by atoms with van der Waals surface area (Å²) in [5, 5.41) is 16.4. The molecule has 0 saturated heterocycles. The third kappa shape index (κ3) is 3.98. The van der Waals surface area contributed by atoms with E-state index in [0.29, 0.717) is 32.9 Å². The van der Waals surface area contributed by atoms with E-state index in [9.17, 15) is 4.79 Å². The number of carbonyl (C=O) groups is 1. The Kier molecular flexibility index (Phi) is 5.64. The molecule has 0 atom stereocenters. The van der Waals surface area contributed by atoms with Gasteiger partial charge in [-0.05, 0) is 56.3 Å². The molecular weight excluding hydrogens is 491 g/mol. The van der Waals surface area contributed by atoms with Crippen LogP contribution in [0.15, 0.2) is 53.0 Å². The molecule has 7 nitrogen and oxygen atoms in total. The normalized spacial score (nSPS) is 11.0. The van der Waals surface area contributed by atoms with Crippen LogP contribution in [-0.4, -0.2) is 30.7 Å². The summed E-state index contributed by atoms with van der Waals surface area (Å²) in [5.41, 5.74) is 2.88. The smallest absolute Gasteiger partial charge is 0.279 e. The molecule has 4 rings (SSSR count). The molecule has 0 radical (unpaired) electrons. The number of nitrogens with one attached hydrogen (secondary N) is 1. The first-order valence-corrected chi connectivity index (χ1v) is 10.4. The number of nitrogens with zero attached hydrogens (tertiary/aromatic N) is 5. The molecule has 0 saturated carbocycles. The van der Waals surface area contributed by atoms with Crippen LogP contribution in [0.25, 0.3) is 11.4 Å². The van der Waals surface area contributed by atoms with Crippen LogP contribution >= 0.6 is 39.1 Å². The Morgan fingerprint density at radius 2 is 1.77 bits per heavy atom. The zero-order valence-corrected chi connectivity index (χ0v) is 19.0. The Bertz CT molecular complexity index is 1250. The maximum Gasteiger partial charge on any atom is 0.279 e. The number of benzene rings is 2. The average Bonchev–Trinajstić information content (AvgIpc) is 3.27. The van der Waals surface area contributed by atoms with E-state index >= 15 is 0 Å². The van der Waals surface area contributed by atoms with Gasteiger partial charge in [-0.3, -0.25) is 4.79 Å². The molecule has 0 fully saturated rings. The number of anilines is 1. The molecule has 2 aromatic heterocycles. The Morgan fingerprint density at radius 1 is 1.03 bits per heavy atom. The summed E-state index contributed by atoms with van der Waals surface area (Å²) in [6, 6.07) is 14.3. The second-order valence-corrected chi connectivity index (χ2v) is 8.30. The van der Waals surface area contributed by atoms with Crippen molar-refractivity contribution >= 4 is 50.9 Å². The van der Waals surface area contributed by atoms with Crippen molar-refractivity contribution < 1.29 is 4.79 Å². The molecule has 1 amide bonds. The zero-order valence-electron chi connectivity index (χ0n) is 15.9. The fourth-order valence-corrected chi connectivity index (χ4v) is 3.59. The van der Waals surface area contributed by atoms with Gasteiger partial charge >= 0.3 is 0 Å². The Hall–Kier alpha value is -2.68. The number of rotatable bonds is 4. The van der Waals surface area contributed by atoms with Crippen molar-refractivity contribution in [2.24, 2.45) is 0 Å². The number of aromatic nitrogens is 5. The molecule has 2 heterocycles. The number of halogens is 3. The monoisotopic (exact) mass is 504 g/mol. The standard InChI is InChI=1S/C20H15BrCl2N6O/c1-11-9-18(29(26-11)17-10-14(22)5-8-16(17)23)24-20(30)19-12(2)28(27-25-19)15-6-3-13(21)4-7-15/h3-10H,1-2H3,(H,24,30). The van der Waals surface area contributed by atoms with Crippen LogP contribution in [0.1, 0.15) is 21.9 Å². The molecule has 30 heavy (non-hydrogen) atoms. The molecular formula is C20H15BrCl2N6O. The first-order chi connectivity index (χ1) is 14.3. The van der Waals surface area contributed by atoms with Crippen molar-refractivity contribution in [2.45, 2.75) is 13.8 Å². The minimum absolute atomic E-state index is 0.209. The van der Waals surface area contributed by atoms with Crippen LogP contribution in [0.3, 0.4) is 0 Å². The largest absolute Gasteiger partial charge is 0.305 e. The van der Waals surface area contributed by atoms with E-state index in [1.54, 1.807) is 35.9 Å². The third-order valence-corrected chi connectivity index (χ3v) is 5.47. The van der Waals surface area contributed by atoms with Gasteiger partial charge in [-0.25, -0.2) is 9.36 Å². The fourth-order valence-electron chi connectivity index (χ4n) is 2.96. The molecule has 0 aliphatic carbocycles. The van der Waals surface area contributed by atoms with Crippen LogP contribution < -0.4 is 5.32 Å². The van der Waals surface area contributed by atoms with Gasteiger partial charge in [0.1, 0.15) is 5.82 Å². The van der Waals surface area contributed by atoms with E-state index in [-0.39, 0.29) is 5.69 Å². The van der Waals surface area contributed by atoms with Gasteiger partial charge in [0.25, 0.3) is 5.91 Å². The fraction of sp³-hybridized carbons (Fsp3) is 0.100. The summed E-state index contributed by atoms with van der Waals surface area (Å²) in [6.45, 7) is 3.60. The predicted octanol–water partition coefficient (Wildman–Crippen LogP) is 5.39. The van der Waals surface area contributed by atoms with Crippen LogP contribution in [-0.2, 0) is 0 Å². The van der Waals surface area contributed by atoms with E-state index < -0.39 is 5.91 Å². The Morgan fingerprint density at radius 3 is 2.50 bits per heavy atom. The molecule has 0 bridgehead atoms. The zero-order chi connectivity index (χ0) is 21.4. The first-order valence-electron chi connectivity index (χ1n) is 8.85. The first kappa shape index (κ1) is 20.6. The van der Waals surface area contributed by atoms with Gasteiger partial charge in [-0.2, -0.15) is 5.10 Å².